The molecule has 1 saturated heterocycles. The lowest BCUT2D eigenvalue weighted by Gasteiger charge is -2.39. The Morgan fingerprint density at radius 1 is 0.762 bits per heavy atom. The highest BCUT2D eigenvalue weighted by atomic mass is 19.1. The molecule has 2 fully saturated rings. The molecule has 1 aliphatic carbocycles. The predicted octanol–water partition coefficient (Wildman–Crippen LogP) is 7.30. The summed E-state index contributed by atoms with van der Waals surface area (Å²) in [5.74, 6) is 0.910. The summed E-state index contributed by atoms with van der Waals surface area (Å²) in [7, 11) is 0. The van der Waals surface area contributed by atoms with Gasteiger partial charge in [0.15, 0.2) is 5.76 Å². The number of benzene rings is 3. The number of rotatable bonds is 9. The molecule has 5 nitrogen and oxygen atoms in total. The van der Waals surface area contributed by atoms with E-state index in [1.807, 2.05) is 41.3 Å². The van der Waals surface area contributed by atoms with Crippen molar-refractivity contribution in [1.82, 2.24) is 14.7 Å². The van der Waals surface area contributed by atoms with Gasteiger partial charge in [-0.25, -0.2) is 4.39 Å². The number of hydrogen-bond donors (Lipinski definition) is 0. The first kappa shape index (κ1) is 28.4. The normalized spacial score (nSPS) is 16.8. The summed E-state index contributed by atoms with van der Waals surface area (Å²) in [6.45, 7) is 3.96. The van der Waals surface area contributed by atoms with E-state index in [1.54, 1.807) is 6.07 Å². The zero-order valence-electron chi connectivity index (χ0n) is 24.2. The summed E-state index contributed by atoms with van der Waals surface area (Å²) in [6.07, 6.45) is 5.87. The van der Waals surface area contributed by atoms with E-state index in [1.165, 1.54) is 36.5 Å². The highest BCUT2D eigenvalue weighted by Crippen LogP contribution is 2.30. The quantitative estimate of drug-likeness (QED) is 0.214. The van der Waals surface area contributed by atoms with E-state index in [4.69, 9.17) is 4.42 Å². The van der Waals surface area contributed by atoms with Crippen molar-refractivity contribution in [2.24, 2.45) is 0 Å². The molecule has 42 heavy (non-hydrogen) atoms. The Bertz CT molecular complexity index is 1390. The predicted molar refractivity (Wildman–Crippen MR) is 163 cm³/mol. The zero-order valence-corrected chi connectivity index (χ0v) is 24.2. The Hall–Kier alpha value is -3.74. The van der Waals surface area contributed by atoms with Gasteiger partial charge in [-0.15, -0.1) is 0 Å². The number of hydrogen-bond acceptors (Lipinski definition) is 4. The SMILES string of the molecule is O=C(c1ccc(CN(Cc2ccccc2F)C2CCCCC2)o1)N1CCN(C(c2ccccc2)c2ccccc2)CC1. The van der Waals surface area contributed by atoms with Gasteiger partial charge < -0.3 is 9.32 Å². The van der Waals surface area contributed by atoms with Crippen LogP contribution in [-0.4, -0.2) is 52.8 Å². The summed E-state index contributed by atoms with van der Waals surface area (Å²) in [5.41, 5.74) is 3.22. The standard InChI is InChI=1S/C36H40FN3O2/c37-33-19-11-10-16-30(33)26-40(31-17-8-3-9-18-31)27-32-20-21-34(42-32)36(41)39-24-22-38(23-25-39)35(28-12-4-1-5-13-28)29-14-6-2-7-15-29/h1-2,4-7,10-16,19-21,31,35H,3,8-9,17-18,22-27H2. The zero-order chi connectivity index (χ0) is 28.7. The number of amides is 1. The molecule has 1 amide bonds. The van der Waals surface area contributed by atoms with Crippen LogP contribution in [0.5, 0.6) is 0 Å². The minimum Gasteiger partial charge on any atom is -0.455 e. The first-order valence-corrected chi connectivity index (χ1v) is 15.3. The highest BCUT2D eigenvalue weighted by Gasteiger charge is 2.30. The maximum absolute atomic E-state index is 14.5. The van der Waals surface area contributed by atoms with Crippen LogP contribution in [0.4, 0.5) is 4.39 Å². The highest BCUT2D eigenvalue weighted by molar-refractivity contribution is 5.91. The van der Waals surface area contributed by atoms with Gasteiger partial charge in [0.25, 0.3) is 5.91 Å². The fourth-order valence-corrected chi connectivity index (χ4v) is 6.61. The fourth-order valence-electron chi connectivity index (χ4n) is 6.61. The van der Waals surface area contributed by atoms with E-state index in [-0.39, 0.29) is 17.8 Å². The van der Waals surface area contributed by atoms with Crippen LogP contribution in [0.2, 0.25) is 0 Å². The second kappa shape index (κ2) is 13.5. The molecular formula is C36H40FN3O2. The van der Waals surface area contributed by atoms with Crippen LogP contribution in [-0.2, 0) is 13.1 Å². The molecule has 0 atom stereocenters. The first-order valence-electron chi connectivity index (χ1n) is 15.3. The van der Waals surface area contributed by atoms with E-state index in [0.717, 1.165) is 31.7 Å². The number of furan rings is 1. The second-order valence-electron chi connectivity index (χ2n) is 11.6. The molecule has 6 rings (SSSR count). The molecule has 2 heterocycles. The van der Waals surface area contributed by atoms with Gasteiger partial charge in [-0.3, -0.25) is 14.6 Å². The lowest BCUT2D eigenvalue weighted by atomic mass is 9.93. The van der Waals surface area contributed by atoms with Crippen LogP contribution in [0.1, 0.15) is 71.2 Å². The van der Waals surface area contributed by atoms with Crippen molar-refractivity contribution in [3.05, 3.63) is 131 Å². The first-order chi connectivity index (χ1) is 20.7. The fraction of sp³-hybridized carbons (Fsp3) is 0.361. The largest absolute Gasteiger partial charge is 0.455 e. The van der Waals surface area contributed by atoms with Crippen LogP contribution in [0.25, 0.3) is 0 Å². The Balaban J connectivity index is 1.11. The number of nitrogens with zero attached hydrogens (tertiary/aromatic N) is 3. The molecule has 6 heteroatoms. The van der Waals surface area contributed by atoms with Gasteiger partial charge in [0, 0.05) is 44.3 Å². The third-order valence-corrected chi connectivity index (χ3v) is 8.85. The average Bonchev–Trinajstić information content (AvgIpc) is 3.52. The molecule has 1 saturated carbocycles. The van der Waals surface area contributed by atoms with E-state index < -0.39 is 0 Å². The van der Waals surface area contributed by atoms with Gasteiger partial charge in [-0.2, -0.15) is 0 Å². The lowest BCUT2D eigenvalue weighted by molar-refractivity contribution is 0.0562. The number of carbonyl (C=O) groups is 1. The van der Waals surface area contributed by atoms with Crippen molar-refractivity contribution in [2.45, 2.75) is 57.3 Å². The topological polar surface area (TPSA) is 39.9 Å². The van der Waals surface area contributed by atoms with Crippen LogP contribution >= 0.6 is 0 Å². The molecule has 0 spiro atoms. The maximum atomic E-state index is 14.5. The van der Waals surface area contributed by atoms with Gasteiger partial charge in [0.1, 0.15) is 11.6 Å². The minimum absolute atomic E-state index is 0.0600. The third-order valence-electron chi connectivity index (χ3n) is 8.85. The van der Waals surface area contributed by atoms with Gasteiger partial charge in [-0.1, -0.05) is 98.1 Å². The minimum atomic E-state index is -0.172. The second-order valence-corrected chi connectivity index (χ2v) is 11.6. The van der Waals surface area contributed by atoms with Crippen molar-refractivity contribution < 1.29 is 13.6 Å². The van der Waals surface area contributed by atoms with Gasteiger partial charge in [-0.05, 0) is 42.2 Å². The van der Waals surface area contributed by atoms with Crippen LogP contribution < -0.4 is 0 Å². The molecule has 0 N–H and O–H groups in total. The Labute approximate surface area is 248 Å². The van der Waals surface area contributed by atoms with Gasteiger partial charge >= 0.3 is 0 Å². The molecule has 4 aromatic rings. The maximum Gasteiger partial charge on any atom is 0.289 e. The summed E-state index contributed by atoms with van der Waals surface area (Å²) >= 11 is 0. The van der Waals surface area contributed by atoms with E-state index >= 15 is 0 Å². The molecule has 218 valence electrons. The Morgan fingerprint density at radius 3 is 2.02 bits per heavy atom. The van der Waals surface area contributed by atoms with Crippen molar-refractivity contribution in [2.75, 3.05) is 26.2 Å². The summed E-state index contributed by atoms with van der Waals surface area (Å²) in [5, 5.41) is 0. The van der Waals surface area contributed by atoms with Crippen LogP contribution in [0, 0.1) is 5.82 Å². The smallest absolute Gasteiger partial charge is 0.289 e. The average molecular weight is 566 g/mol. The molecular weight excluding hydrogens is 525 g/mol. The van der Waals surface area contributed by atoms with E-state index in [9.17, 15) is 9.18 Å². The Kier molecular flexibility index (Phi) is 9.12. The third kappa shape index (κ3) is 6.66. The van der Waals surface area contributed by atoms with Crippen molar-refractivity contribution in [3.8, 4) is 0 Å². The summed E-state index contributed by atoms with van der Waals surface area (Å²) in [6, 6.07) is 32.5. The molecule has 3 aromatic carbocycles. The molecule has 0 radical (unpaired) electrons. The van der Waals surface area contributed by atoms with E-state index in [2.05, 4.69) is 58.3 Å². The summed E-state index contributed by atoms with van der Waals surface area (Å²) < 4.78 is 20.7. The van der Waals surface area contributed by atoms with Crippen LogP contribution in [0.15, 0.2) is 101 Å². The summed E-state index contributed by atoms with van der Waals surface area (Å²) in [4.78, 5) is 20.2. The molecule has 2 aliphatic rings. The molecule has 0 bridgehead atoms. The number of piperazine rings is 1. The molecule has 0 unspecified atom stereocenters. The molecule has 1 aliphatic heterocycles. The van der Waals surface area contributed by atoms with Crippen molar-refractivity contribution in [3.63, 3.8) is 0 Å². The number of carbonyl (C=O) groups excluding carboxylic acids is 1. The van der Waals surface area contributed by atoms with Gasteiger partial charge in [0.2, 0.25) is 0 Å². The Morgan fingerprint density at radius 2 is 1.38 bits per heavy atom. The molecule has 1 aromatic heterocycles. The lowest BCUT2D eigenvalue weighted by Crippen LogP contribution is -2.49. The van der Waals surface area contributed by atoms with E-state index in [0.29, 0.717) is 43.5 Å². The monoisotopic (exact) mass is 565 g/mol. The van der Waals surface area contributed by atoms with Crippen LogP contribution in [0.3, 0.4) is 0 Å². The van der Waals surface area contributed by atoms with Gasteiger partial charge in [0.05, 0.1) is 12.6 Å². The van der Waals surface area contributed by atoms with Crippen molar-refractivity contribution >= 4 is 5.91 Å². The van der Waals surface area contributed by atoms with Crippen molar-refractivity contribution in [1.29, 1.82) is 0 Å². The number of halogens is 1.